The maximum Gasteiger partial charge on any atom is 0.0900 e. The van der Waals surface area contributed by atoms with Crippen LogP contribution in [-0.4, -0.2) is 61.0 Å². The summed E-state index contributed by atoms with van der Waals surface area (Å²) >= 11 is 0. The number of unbranched alkanes of at least 4 members (excludes halogenated alkanes) is 1. The van der Waals surface area contributed by atoms with Crippen molar-refractivity contribution < 1.29 is 9.84 Å². The van der Waals surface area contributed by atoms with Crippen LogP contribution < -0.4 is 5.32 Å². The number of aliphatic hydroxyl groups excluding tert-OH is 1. The lowest BCUT2D eigenvalue weighted by atomic mass is 9.96. The van der Waals surface area contributed by atoms with Crippen LogP contribution in [0.25, 0.3) is 0 Å². The molecule has 1 saturated heterocycles. The molecule has 0 amide bonds. The third-order valence-corrected chi connectivity index (χ3v) is 4.36. The maximum atomic E-state index is 10.2. The van der Waals surface area contributed by atoms with Crippen LogP contribution >= 0.6 is 0 Å². The highest BCUT2D eigenvalue weighted by molar-refractivity contribution is 4.86. The molecule has 4 nitrogen and oxygen atoms in total. The number of nitrogens with one attached hydrogen (secondary N) is 1. The topological polar surface area (TPSA) is 44.7 Å². The summed E-state index contributed by atoms with van der Waals surface area (Å²) in [5.41, 5.74) is 0. The van der Waals surface area contributed by atoms with Crippen molar-refractivity contribution in [1.29, 1.82) is 0 Å². The zero-order valence-corrected chi connectivity index (χ0v) is 14.3. The first-order valence-electron chi connectivity index (χ1n) is 8.92. The van der Waals surface area contributed by atoms with Crippen molar-refractivity contribution in [3.8, 4) is 0 Å². The Morgan fingerprint density at radius 2 is 2.10 bits per heavy atom. The van der Waals surface area contributed by atoms with E-state index in [4.69, 9.17) is 4.74 Å². The van der Waals surface area contributed by atoms with Gasteiger partial charge in [-0.3, -0.25) is 4.90 Å². The van der Waals surface area contributed by atoms with Gasteiger partial charge in [0.1, 0.15) is 0 Å². The quantitative estimate of drug-likeness (QED) is 0.575. The lowest BCUT2D eigenvalue weighted by molar-refractivity contribution is -0.00274. The number of likely N-dealkylation sites (tertiary alicyclic amines) is 1. The van der Waals surface area contributed by atoms with Crippen LogP contribution in [0.4, 0.5) is 0 Å². The minimum Gasteiger partial charge on any atom is -0.389 e. The van der Waals surface area contributed by atoms with Crippen molar-refractivity contribution >= 4 is 0 Å². The predicted molar refractivity (Wildman–Crippen MR) is 88.7 cm³/mol. The van der Waals surface area contributed by atoms with Crippen molar-refractivity contribution in [2.45, 2.75) is 77.5 Å². The van der Waals surface area contributed by atoms with E-state index in [9.17, 15) is 5.11 Å². The van der Waals surface area contributed by atoms with Crippen LogP contribution in [0.5, 0.6) is 0 Å². The van der Waals surface area contributed by atoms with Gasteiger partial charge in [-0.25, -0.2) is 0 Å². The molecule has 0 bridgehead atoms. The van der Waals surface area contributed by atoms with E-state index in [1.54, 1.807) is 0 Å². The van der Waals surface area contributed by atoms with E-state index in [0.717, 1.165) is 39.1 Å². The molecule has 0 aromatic carbocycles. The summed E-state index contributed by atoms with van der Waals surface area (Å²) in [6, 6.07) is 1.05. The first-order chi connectivity index (χ1) is 10.2. The summed E-state index contributed by atoms with van der Waals surface area (Å²) in [7, 11) is 0. The fourth-order valence-electron chi connectivity index (χ4n) is 3.11. The Hall–Kier alpha value is -0.160. The van der Waals surface area contributed by atoms with Gasteiger partial charge in [-0.05, 0) is 45.7 Å². The summed E-state index contributed by atoms with van der Waals surface area (Å²) in [5.74, 6) is 0. The molecular formula is C17H36N2O2. The number of rotatable bonds is 11. The van der Waals surface area contributed by atoms with E-state index >= 15 is 0 Å². The zero-order chi connectivity index (χ0) is 15.5. The van der Waals surface area contributed by atoms with Gasteiger partial charge >= 0.3 is 0 Å². The van der Waals surface area contributed by atoms with Crippen LogP contribution in [0.2, 0.25) is 0 Å². The van der Waals surface area contributed by atoms with Crippen LogP contribution in [0, 0.1) is 0 Å². The van der Waals surface area contributed by atoms with Gasteiger partial charge in [0.2, 0.25) is 0 Å². The molecule has 1 heterocycles. The molecule has 1 aliphatic rings. The van der Waals surface area contributed by atoms with Crippen molar-refractivity contribution in [3.05, 3.63) is 0 Å². The Kier molecular flexibility index (Phi) is 10.3. The second-order valence-electron chi connectivity index (χ2n) is 6.38. The molecule has 0 aromatic rings. The fourth-order valence-corrected chi connectivity index (χ4v) is 3.11. The van der Waals surface area contributed by atoms with Crippen molar-refractivity contribution in [2.75, 3.05) is 32.8 Å². The van der Waals surface area contributed by atoms with Crippen LogP contribution in [0.3, 0.4) is 0 Å². The Labute approximate surface area is 131 Å². The highest BCUT2D eigenvalue weighted by atomic mass is 16.5. The lowest BCUT2D eigenvalue weighted by Crippen LogP contribution is -2.53. The molecule has 4 heteroatoms. The summed E-state index contributed by atoms with van der Waals surface area (Å²) < 4.78 is 5.55. The Morgan fingerprint density at radius 3 is 2.81 bits per heavy atom. The highest BCUT2D eigenvalue weighted by Crippen LogP contribution is 2.20. The minimum atomic E-state index is -0.360. The normalized spacial score (nSPS) is 23.1. The third-order valence-electron chi connectivity index (χ3n) is 4.36. The summed E-state index contributed by atoms with van der Waals surface area (Å²) in [6.07, 6.45) is 6.83. The van der Waals surface area contributed by atoms with Crippen molar-refractivity contribution in [2.24, 2.45) is 0 Å². The predicted octanol–water partition coefficient (Wildman–Crippen LogP) is 2.41. The van der Waals surface area contributed by atoms with E-state index in [1.807, 2.05) is 0 Å². The largest absolute Gasteiger partial charge is 0.389 e. The number of β-amino-alcohol motifs (C(OH)–C–C–N with tert-alkyl or cyclic N) is 1. The van der Waals surface area contributed by atoms with E-state index in [2.05, 4.69) is 31.0 Å². The van der Waals surface area contributed by atoms with Crippen molar-refractivity contribution in [1.82, 2.24) is 10.2 Å². The lowest BCUT2D eigenvalue weighted by Gasteiger charge is -2.40. The molecule has 0 radical (unpaired) electrons. The van der Waals surface area contributed by atoms with Gasteiger partial charge < -0.3 is 15.2 Å². The smallest absolute Gasteiger partial charge is 0.0900 e. The Balaban J connectivity index is 2.34. The molecule has 3 atom stereocenters. The van der Waals surface area contributed by atoms with Crippen LogP contribution in [0.15, 0.2) is 0 Å². The molecule has 1 rings (SSSR count). The second-order valence-corrected chi connectivity index (χ2v) is 6.38. The van der Waals surface area contributed by atoms with Crippen molar-refractivity contribution in [3.63, 3.8) is 0 Å². The number of hydrogen-bond acceptors (Lipinski definition) is 4. The second kappa shape index (κ2) is 11.4. The van der Waals surface area contributed by atoms with Gasteiger partial charge in [-0.2, -0.15) is 0 Å². The van der Waals surface area contributed by atoms with Gasteiger partial charge in [0.05, 0.1) is 12.7 Å². The van der Waals surface area contributed by atoms with Gasteiger partial charge in [-0.1, -0.05) is 26.7 Å². The van der Waals surface area contributed by atoms with Crippen LogP contribution in [0.1, 0.15) is 59.3 Å². The summed E-state index contributed by atoms with van der Waals surface area (Å²) in [4.78, 5) is 2.46. The SMILES string of the molecule is CCCCOCC(O)CN1CCCCC1C(C)NCCC. The number of piperidine rings is 1. The van der Waals surface area contributed by atoms with Gasteiger partial charge in [0.25, 0.3) is 0 Å². The third kappa shape index (κ3) is 7.59. The first kappa shape index (κ1) is 18.9. The molecule has 0 spiro atoms. The Bertz CT molecular complexity index is 251. The summed E-state index contributed by atoms with van der Waals surface area (Å²) in [5, 5.41) is 13.8. The van der Waals surface area contributed by atoms with Gasteiger partial charge in [0.15, 0.2) is 0 Å². The van der Waals surface area contributed by atoms with E-state index < -0.39 is 0 Å². The highest BCUT2D eigenvalue weighted by Gasteiger charge is 2.28. The molecule has 3 unspecified atom stereocenters. The zero-order valence-electron chi connectivity index (χ0n) is 14.3. The molecular weight excluding hydrogens is 264 g/mol. The molecule has 0 saturated carbocycles. The van der Waals surface area contributed by atoms with E-state index in [-0.39, 0.29) is 6.10 Å². The summed E-state index contributed by atoms with van der Waals surface area (Å²) in [6.45, 7) is 10.8. The molecule has 1 fully saturated rings. The molecule has 0 aromatic heterocycles. The molecule has 126 valence electrons. The Morgan fingerprint density at radius 1 is 1.29 bits per heavy atom. The molecule has 21 heavy (non-hydrogen) atoms. The fraction of sp³-hybridized carbons (Fsp3) is 1.00. The minimum absolute atomic E-state index is 0.360. The number of hydrogen-bond donors (Lipinski definition) is 2. The average Bonchev–Trinajstić information content (AvgIpc) is 2.50. The monoisotopic (exact) mass is 300 g/mol. The number of nitrogens with zero attached hydrogens (tertiary/aromatic N) is 1. The maximum absolute atomic E-state index is 10.2. The van der Waals surface area contributed by atoms with E-state index in [0.29, 0.717) is 18.7 Å². The number of aliphatic hydroxyl groups is 1. The van der Waals surface area contributed by atoms with Gasteiger partial charge in [-0.15, -0.1) is 0 Å². The number of ether oxygens (including phenoxy) is 1. The van der Waals surface area contributed by atoms with Crippen LogP contribution in [-0.2, 0) is 4.74 Å². The van der Waals surface area contributed by atoms with Gasteiger partial charge in [0, 0.05) is 25.2 Å². The molecule has 2 N–H and O–H groups in total. The molecule has 1 aliphatic heterocycles. The standard InChI is InChI=1S/C17H36N2O2/c1-4-6-12-21-14-16(20)13-19-11-8-7-9-17(19)15(3)18-10-5-2/h15-18,20H,4-14H2,1-3H3. The van der Waals surface area contributed by atoms with E-state index in [1.165, 1.54) is 25.7 Å². The average molecular weight is 300 g/mol. The first-order valence-corrected chi connectivity index (χ1v) is 8.92. The molecule has 0 aliphatic carbocycles.